The first-order chi connectivity index (χ1) is 12.0. The molecule has 3 nitrogen and oxygen atoms in total. The zero-order chi connectivity index (χ0) is 17.8. The summed E-state index contributed by atoms with van der Waals surface area (Å²) in [6, 6.07) is 12.1. The van der Waals surface area contributed by atoms with Crippen molar-refractivity contribution in [3.8, 4) is 11.3 Å². The minimum Gasteiger partial charge on any atom is -0.451 e. The number of rotatable bonds is 5. The largest absolute Gasteiger partial charge is 0.451 e. The Labute approximate surface area is 142 Å². The molecule has 3 aromatic rings. The molecule has 0 aliphatic carbocycles. The molecule has 1 N–H and O–H groups in total. The normalized spacial score (nSPS) is 10.7. The number of hydrogen-bond acceptors (Lipinski definition) is 2. The summed E-state index contributed by atoms with van der Waals surface area (Å²) in [5.41, 5.74) is 1.10. The van der Waals surface area contributed by atoms with Crippen LogP contribution in [0.4, 0.5) is 13.2 Å². The van der Waals surface area contributed by atoms with E-state index < -0.39 is 17.5 Å². The summed E-state index contributed by atoms with van der Waals surface area (Å²) in [6.45, 7) is 0.203. The average Bonchev–Trinajstić information content (AvgIpc) is 3.04. The number of halogens is 3. The van der Waals surface area contributed by atoms with Crippen molar-refractivity contribution in [3.63, 3.8) is 0 Å². The molecule has 0 saturated carbocycles. The molecule has 0 radical (unpaired) electrons. The van der Waals surface area contributed by atoms with Gasteiger partial charge in [0.2, 0.25) is 0 Å². The van der Waals surface area contributed by atoms with Crippen LogP contribution in [-0.4, -0.2) is 12.5 Å². The molecule has 0 fully saturated rings. The van der Waals surface area contributed by atoms with E-state index in [1.54, 1.807) is 18.2 Å². The lowest BCUT2D eigenvalue weighted by molar-refractivity contribution is 0.0927. The Morgan fingerprint density at radius 3 is 2.24 bits per heavy atom. The first kappa shape index (κ1) is 16.8. The Hall–Kier alpha value is -3.02. The van der Waals surface area contributed by atoms with Crippen molar-refractivity contribution in [2.75, 3.05) is 6.54 Å². The molecule has 0 spiro atoms. The van der Waals surface area contributed by atoms with E-state index in [0.29, 0.717) is 16.9 Å². The highest BCUT2D eigenvalue weighted by molar-refractivity contribution is 5.92. The summed E-state index contributed by atoms with van der Waals surface area (Å²) in [6.07, 6.45) is 0.284. The number of hydrogen-bond donors (Lipinski definition) is 1. The van der Waals surface area contributed by atoms with E-state index in [0.717, 1.165) is 6.07 Å². The van der Waals surface area contributed by atoms with Crippen LogP contribution in [0.1, 0.15) is 16.1 Å². The van der Waals surface area contributed by atoms with Crippen LogP contribution >= 0.6 is 0 Å². The quantitative estimate of drug-likeness (QED) is 0.748. The standard InChI is InChI=1S/C19H14F3NO2/c20-14-3-1-13(2-4-14)17-5-6-18(25-17)19(24)23-8-7-12-9-15(21)11-16(22)10-12/h1-6,9-11H,7-8H2,(H,23,24). The summed E-state index contributed by atoms with van der Waals surface area (Å²) >= 11 is 0. The first-order valence-electron chi connectivity index (χ1n) is 7.60. The van der Waals surface area contributed by atoms with Gasteiger partial charge in [0, 0.05) is 18.2 Å². The van der Waals surface area contributed by atoms with Gasteiger partial charge in [0.25, 0.3) is 5.91 Å². The molecule has 128 valence electrons. The van der Waals surface area contributed by atoms with Crippen LogP contribution in [-0.2, 0) is 6.42 Å². The van der Waals surface area contributed by atoms with E-state index in [-0.39, 0.29) is 24.5 Å². The molecule has 2 aromatic carbocycles. The average molecular weight is 345 g/mol. The molecule has 1 amide bonds. The molecule has 0 unspecified atom stereocenters. The van der Waals surface area contributed by atoms with Crippen LogP contribution in [0.3, 0.4) is 0 Å². The van der Waals surface area contributed by atoms with Crippen LogP contribution in [0, 0.1) is 17.5 Å². The van der Waals surface area contributed by atoms with Gasteiger partial charge in [0.15, 0.2) is 5.76 Å². The van der Waals surface area contributed by atoms with Crippen molar-refractivity contribution in [2.45, 2.75) is 6.42 Å². The van der Waals surface area contributed by atoms with E-state index >= 15 is 0 Å². The van der Waals surface area contributed by atoms with Crippen molar-refractivity contribution in [2.24, 2.45) is 0 Å². The van der Waals surface area contributed by atoms with E-state index in [9.17, 15) is 18.0 Å². The lowest BCUT2D eigenvalue weighted by Crippen LogP contribution is -2.25. The molecule has 0 saturated heterocycles. The summed E-state index contributed by atoms with van der Waals surface area (Å²) in [5.74, 6) is -1.57. The number of carbonyl (C=O) groups is 1. The zero-order valence-electron chi connectivity index (χ0n) is 13.1. The fraction of sp³-hybridized carbons (Fsp3) is 0.105. The van der Waals surface area contributed by atoms with Gasteiger partial charge in [0.1, 0.15) is 23.2 Å². The summed E-state index contributed by atoms with van der Waals surface area (Å²) in [7, 11) is 0. The van der Waals surface area contributed by atoms with Gasteiger partial charge in [-0.2, -0.15) is 0 Å². The van der Waals surface area contributed by atoms with E-state index in [1.807, 2.05) is 0 Å². The molecule has 6 heteroatoms. The Morgan fingerprint density at radius 2 is 1.56 bits per heavy atom. The highest BCUT2D eigenvalue weighted by Crippen LogP contribution is 2.22. The van der Waals surface area contributed by atoms with Crippen LogP contribution in [0.15, 0.2) is 59.0 Å². The molecule has 0 atom stereocenters. The lowest BCUT2D eigenvalue weighted by atomic mass is 10.1. The Bertz CT molecular complexity index is 868. The Kier molecular flexibility index (Phi) is 4.88. The van der Waals surface area contributed by atoms with Gasteiger partial charge in [-0.05, 0) is 60.5 Å². The van der Waals surface area contributed by atoms with Crippen molar-refractivity contribution in [1.29, 1.82) is 0 Å². The third-order valence-electron chi connectivity index (χ3n) is 3.58. The highest BCUT2D eigenvalue weighted by Gasteiger charge is 2.12. The third kappa shape index (κ3) is 4.29. The Balaban J connectivity index is 1.59. The molecule has 0 aliphatic rings. The molecule has 3 rings (SSSR count). The first-order valence-corrected chi connectivity index (χ1v) is 7.60. The van der Waals surface area contributed by atoms with Gasteiger partial charge in [-0.15, -0.1) is 0 Å². The number of nitrogens with one attached hydrogen (secondary N) is 1. The second kappa shape index (κ2) is 7.25. The molecule has 0 aliphatic heterocycles. The van der Waals surface area contributed by atoms with Gasteiger partial charge in [-0.25, -0.2) is 13.2 Å². The monoisotopic (exact) mass is 345 g/mol. The molecule has 1 aromatic heterocycles. The van der Waals surface area contributed by atoms with Crippen molar-refractivity contribution in [1.82, 2.24) is 5.32 Å². The van der Waals surface area contributed by atoms with Gasteiger partial charge in [-0.1, -0.05) is 0 Å². The Morgan fingerprint density at radius 1 is 0.880 bits per heavy atom. The smallest absolute Gasteiger partial charge is 0.287 e. The number of benzene rings is 2. The minimum atomic E-state index is -0.656. The second-order valence-electron chi connectivity index (χ2n) is 5.45. The fourth-order valence-corrected chi connectivity index (χ4v) is 2.39. The maximum atomic E-state index is 13.1. The summed E-state index contributed by atoms with van der Waals surface area (Å²) in [5, 5.41) is 2.62. The SMILES string of the molecule is O=C(NCCc1cc(F)cc(F)c1)c1ccc(-c2ccc(F)cc2)o1. The lowest BCUT2D eigenvalue weighted by Gasteiger charge is -2.04. The molecular formula is C19H14F3NO2. The van der Waals surface area contributed by atoms with Gasteiger partial charge in [0.05, 0.1) is 0 Å². The van der Waals surface area contributed by atoms with Crippen LogP contribution in [0.5, 0.6) is 0 Å². The highest BCUT2D eigenvalue weighted by atomic mass is 19.1. The fourth-order valence-electron chi connectivity index (χ4n) is 2.39. The number of carbonyl (C=O) groups excluding carboxylic acids is 1. The van der Waals surface area contributed by atoms with Crippen LogP contribution < -0.4 is 5.32 Å². The molecular weight excluding hydrogens is 331 g/mol. The number of furan rings is 1. The summed E-state index contributed by atoms with van der Waals surface area (Å²) < 4.78 is 44.6. The number of amides is 1. The van der Waals surface area contributed by atoms with Gasteiger partial charge in [-0.3, -0.25) is 4.79 Å². The van der Waals surface area contributed by atoms with Gasteiger partial charge >= 0.3 is 0 Å². The van der Waals surface area contributed by atoms with E-state index in [1.165, 1.54) is 30.3 Å². The van der Waals surface area contributed by atoms with Crippen LogP contribution in [0.2, 0.25) is 0 Å². The molecule has 25 heavy (non-hydrogen) atoms. The van der Waals surface area contributed by atoms with Gasteiger partial charge < -0.3 is 9.73 Å². The topological polar surface area (TPSA) is 42.2 Å². The van der Waals surface area contributed by atoms with Crippen molar-refractivity contribution in [3.05, 3.63) is 83.4 Å². The predicted molar refractivity (Wildman–Crippen MR) is 86.5 cm³/mol. The minimum absolute atomic E-state index is 0.102. The molecule has 0 bridgehead atoms. The maximum Gasteiger partial charge on any atom is 0.287 e. The summed E-state index contributed by atoms with van der Waals surface area (Å²) in [4.78, 5) is 12.1. The van der Waals surface area contributed by atoms with E-state index in [2.05, 4.69) is 5.32 Å². The van der Waals surface area contributed by atoms with Crippen LogP contribution in [0.25, 0.3) is 11.3 Å². The third-order valence-corrected chi connectivity index (χ3v) is 3.58. The zero-order valence-corrected chi connectivity index (χ0v) is 13.1. The van der Waals surface area contributed by atoms with E-state index in [4.69, 9.17) is 4.42 Å². The maximum absolute atomic E-state index is 13.1. The predicted octanol–water partition coefficient (Wildman–Crippen LogP) is 4.34. The second-order valence-corrected chi connectivity index (χ2v) is 5.45. The van der Waals surface area contributed by atoms with Crippen molar-refractivity contribution < 1.29 is 22.4 Å². The van der Waals surface area contributed by atoms with Crippen molar-refractivity contribution >= 4 is 5.91 Å². The molecule has 1 heterocycles.